The fourth-order valence-corrected chi connectivity index (χ4v) is 2.09. The Morgan fingerprint density at radius 1 is 1.61 bits per heavy atom. The van der Waals surface area contributed by atoms with E-state index in [4.69, 9.17) is 4.74 Å². The maximum Gasteiger partial charge on any atom is 0.273 e. The molecule has 2 saturated heterocycles. The predicted molar refractivity (Wildman–Crippen MR) is 63.2 cm³/mol. The molecule has 0 radical (unpaired) electrons. The van der Waals surface area contributed by atoms with Crippen molar-refractivity contribution in [3.63, 3.8) is 0 Å². The van der Waals surface area contributed by atoms with Crippen molar-refractivity contribution in [2.45, 2.75) is 12.5 Å². The van der Waals surface area contributed by atoms with E-state index in [-0.39, 0.29) is 5.91 Å². The Bertz CT molecular complexity index is 423. The molecule has 3 rings (SSSR count). The van der Waals surface area contributed by atoms with Crippen molar-refractivity contribution in [1.29, 1.82) is 0 Å². The van der Waals surface area contributed by atoms with Gasteiger partial charge in [-0.25, -0.2) is 4.68 Å². The number of ether oxygens (including phenoxy) is 1. The predicted octanol–water partition coefficient (Wildman–Crippen LogP) is -0.811. The molecule has 1 unspecified atom stereocenters. The molecular formula is C11H17N5O2. The minimum absolute atomic E-state index is 0.152. The Kier molecular flexibility index (Phi) is 3.24. The molecule has 3 heterocycles. The van der Waals surface area contributed by atoms with Crippen LogP contribution in [0.5, 0.6) is 0 Å². The molecule has 0 bridgehead atoms. The summed E-state index contributed by atoms with van der Waals surface area (Å²) < 4.78 is 7.02. The van der Waals surface area contributed by atoms with Crippen LogP contribution < -0.4 is 10.6 Å². The van der Waals surface area contributed by atoms with Crippen LogP contribution in [0.4, 0.5) is 0 Å². The van der Waals surface area contributed by atoms with E-state index in [9.17, 15) is 4.79 Å². The van der Waals surface area contributed by atoms with E-state index in [1.54, 1.807) is 10.9 Å². The summed E-state index contributed by atoms with van der Waals surface area (Å²) in [5.74, 6) is 0.278. The van der Waals surface area contributed by atoms with Gasteiger partial charge in [-0.1, -0.05) is 5.21 Å². The smallest absolute Gasteiger partial charge is 0.273 e. The summed E-state index contributed by atoms with van der Waals surface area (Å²) in [6.07, 6.45) is 2.73. The summed E-state index contributed by atoms with van der Waals surface area (Å²) in [4.78, 5) is 11.9. The lowest BCUT2D eigenvalue weighted by molar-refractivity contribution is 0.0940. The van der Waals surface area contributed by atoms with Gasteiger partial charge in [-0.3, -0.25) is 4.79 Å². The first-order valence-electron chi connectivity index (χ1n) is 6.31. The monoisotopic (exact) mass is 251 g/mol. The highest BCUT2D eigenvalue weighted by Crippen LogP contribution is 2.12. The van der Waals surface area contributed by atoms with Gasteiger partial charge in [-0.05, 0) is 6.42 Å². The minimum atomic E-state index is -0.152. The van der Waals surface area contributed by atoms with E-state index in [0.717, 1.165) is 32.7 Å². The summed E-state index contributed by atoms with van der Waals surface area (Å²) in [7, 11) is 0. The topological polar surface area (TPSA) is 81.1 Å². The number of amides is 1. The average molecular weight is 251 g/mol. The summed E-state index contributed by atoms with van der Waals surface area (Å²) >= 11 is 0. The molecule has 98 valence electrons. The molecule has 2 fully saturated rings. The van der Waals surface area contributed by atoms with Crippen LogP contribution in [0, 0.1) is 5.92 Å². The normalized spacial score (nSPS) is 23.9. The lowest BCUT2D eigenvalue weighted by Crippen LogP contribution is -2.43. The number of nitrogens with zero attached hydrogens (tertiary/aromatic N) is 3. The molecular weight excluding hydrogens is 234 g/mol. The van der Waals surface area contributed by atoms with Gasteiger partial charge in [0.05, 0.1) is 18.8 Å². The standard InChI is InChI=1S/C11H17N5O2/c17-11(13-3-8-1-2-18-7-8)10-6-16(15-14-10)9-4-12-5-9/h6,8-9,12H,1-5,7H2,(H,13,17). The first-order chi connectivity index (χ1) is 8.83. The lowest BCUT2D eigenvalue weighted by Gasteiger charge is -2.26. The third kappa shape index (κ3) is 2.37. The quantitative estimate of drug-likeness (QED) is 0.731. The van der Waals surface area contributed by atoms with Gasteiger partial charge in [0.25, 0.3) is 5.91 Å². The van der Waals surface area contributed by atoms with Crippen LogP contribution in [-0.4, -0.2) is 53.7 Å². The maximum atomic E-state index is 11.9. The highest BCUT2D eigenvalue weighted by atomic mass is 16.5. The summed E-state index contributed by atoms with van der Waals surface area (Å²) in [6.45, 7) is 3.97. The van der Waals surface area contributed by atoms with Gasteiger partial charge < -0.3 is 15.4 Å². The summed E-state index contributed by atoms with van der Waals surface area (Å²) in [5.41, 5.74) is 0.390. The highest BCUT2D eigenvalue weighted by Gasteiger charge is 2.22. The Morgan fingerprint density at radius 3 is 3.17 bits per heavy atom. The molecule has 2 aliphatic heterocycles. The second kappa shape index (κ2) is 5.03. The van der Waals surface area contributed by atoms with Crippen molar-refractivity contribution < 1.29 is 9.53 Å². The molecule has 0 aliphatic carbocycles. The van der Waals surface area contributed by atoms with Crippen molar-refractivity contribution in [3.8, 4) is 0 Å². The molecule has 7 heteroatoms. The van der Waals surface area contributed by atoms with E-state index in [1.165, 1.54) is 0 Å². The van der Waals surface area contributed by atoms with Crippen LogP contribution in [0.25, 0.3) is 0 Å². The largest absolute Gasteiger partial charge is 0.381 e. The van der Waals surface area contributed by atoms with Crippen LogP contribution in [0.2, 0.25) is 0 Å². The van der Waals surface area contributed by atoms with Crippen molar-refractivity contribution in [1.82, 2.24) is 25.6 Å². The molecule has 0 aromatic carbocycles. The van der Waals surface area contributed by atoms with Gasteiger partial charge >= 0.3 is 0 Å². The fraction of sp³-hybridized carbons (Fsp3) is 0.727. The van der Waals surface area contributed by atoms with Gasteiger partial charge in [-0.15, -0.1) is 5.10 Å². The molecule has 18 heavy (non-hydrogen) atoms. The van der Waals surface area contributed by atoms with Gasteiger partial charge in [0.2, 0.25) is 0 Å². The molecule has 2 aliphatic rings. The molecule has 2 N–H and O–H groups in total. The number of hydrogen-bond donors (Lipinski definition) is 2. The lowest BCUT2D eigenvalue weighted by atomic mass is 10.1. The number of carbonyl (C=O) groups excluding carboxylic acids is 1. The fourth-order valence-electron chi connectivity index (χ4n) is 2.09. The Labute approximate surface area is 105 Å². The van der Waals surface area contributed by atoms with E-state index < -0.39 is 0 Å². The summed E-state index contributed by atoms with van der Waals surface area (Å²) in [6, 6.07) is 0.335. The molecule has 7 nitrogen and oxygen atoms in total. The maximum absolute atomic E-state index is 11.9. The van der Waals surface area contributed by atoms with Crippen LogP contribution in [-0.2, 0) is 4.74 Å². The number of carbonyl (C=O) groups is 1. The molecule has 0 saturated carbocycles. The third-order valence-corrected chi connectivity index (χ3v) is 3.45. The van der Waals surface area contributed by atoms with Crippen LogP contribution in [0.3, 0.4) is 0 Å². The van der Waals surface area contributed by atoms with Crippen LogP contribution in [0.15, 0.2) is 6.20 Å². The minimum Gasteiger partial charge on any atom is -0.381 e. The van der Waals surface area contributed by atoms with Crippen molar-refractivity contribution in [2.75, 3.05) is 32.8 Å². The Morgan fingerprint density at radius 2 is 2.50 bits per heavy atom. The van der Waals surface area contributed by atoms with E-state index in [1.807, 2.05) is 0 Å². The molecule has 1 amide bonds. The van der Waals surface area contributed by atoms with Gasteiger partial charge in [0, 0.05) is 32.2 Å². The average Bonchev–Trinajstić information content (AvgIpc) is 2.94. The van der Waals surface area contributed by atoms with Gasteiger partial charge in [0.1, 0.15) is 0 Å². The number of nitrogens with one attached hydrogen (secondary N) is 2. The molecule has 1 aromatic heterocycles. The summed E-state index contributed by atoms with van der Waals surface area (Å²) in [5, 5.41) is 13.9. The zero-order valence-corrected chi connectivity index (χ0v) is 10.1. The van der Waals surface area contributed by atoms with E-state index in [2.05, 4.69) is 20.9 Å². The SMILES string of the molecule is O=C(NCC1CCOC1)c1cn(C2CNC2)nn1. The first kappa shape index (κ1) is 11.6. The van der Waals surface area contributed by atoms with E-state index in [0.29, 0.717) is 24.2 Å². The van der Waals surface area contributed by atoms with Crippen molar-refractivity contribution in [2.24, 2.45) is 5.92 Å². The zero-order chi connectivity index (χ0) is 12.4. The first-order valence-corrected chi connectivity index (χ1v) is 6.31. The molecule has 1 aromatic rings. The van der Waals surface area contributed by atoms with Crippen LogP contribution in [0.1, 0.15) is 23.0 Å². The number of rotatable bonds is 4. The van der Waals surface area contributed by atoms with Crippen LogP contribution >= 0.6 is 0 Å². The molecule has 0 spiro atoms. The second-order valence-corrected chi connectivity index (χ2v) is 4.84. The molecule has 1 atom stereocenters. The van der Waals surface area contributed by atoms with Crippen molar-refractivity contribution >= 4 is 5.91 Å². The Hall–Kier alpha value is -1.47. The second-order valence-electron chi connectivity index (χ2n) is 4.84. The number of hydrogen-bond acceptors (Lipinski definition) is 5. The van der Waals surface area contributed by atoms with Crippen molar-refractivity contribution in [3.05, 3.63) is 11.9 Å². The Balaban J connectivity index is 1.52. The third-order valence-electron chi connectivity index (χ3n) is 3.45. The van der Waals surface area contributed by atoms with Gasteiger partial charge in [-0.2, -0.15) is 0 Å². The van der Waals surface area contributed by atoms with Gasteiger partial charge in [0.15, 0.2) is 5.69 Å². The zero-order valence-electron chi connectivity index (χ0n) is 10.1. The highest BCUT2D eigenvalue weighted by molar-refractivity contribution is 5.91. The number of aromatic nitrogens is 3. The van der Waals surface area contributed by atoms with E-state index >= 15 is 0 Å².